The van der Waals surface area contributed by atoms with Gasteiger partial charge in [-0.25, -0.2) is 9.97 Å². The van der Waals surface area contributed by atoms with Crippen molar-refractivity contribution < 1.29 is 19.0 Å². The minimum Gasteiger partial charge on any atom is -0.493 e. The number of carbonyl (C=O) groups is 1. The second kappa shape index (κ2) is 11.7. The average molecular weight is 492 g/mol. The molecule has 4 rings (SSSR count). The van der Waals surface area contributed by atoms with E-state index in [9.17, 15) is 4.79 Å². The molecule has 3 heterocycles. The van der Waals surface area contributed by atoms with Gasteiger partial charge < -0.3 is 28.9 Å². The Morgan fingerprint density at radius 1 is 0.972 bits per heavy atom. The molecule has 0 bridgehead atoms. The molecule has 0 unspecified atom stereocenters. The van der Waals surface area contributed by atoms with Crippen LogP contribution in [0.15, 0.2) is 54.7 Å². The van der Waals surface area contributed by atoms with Crippen molar-refractivity contribution >= 4 is 11.7 Å². The lowest BCUT2D eigenvalue weighted by Gasteiger charge is -2.35. The second-order valence-corrected chi connectivity index (χ2v) is 8.76. The highest BCUT2D eigenvalue weighted by atomic mass is 16.5. The molecule has 0 spiro atoms. The van der Waals surface area contributed by atoms with Gasteiger partial charge in [-0.05, 0) is 56.6 Å². The topological polar surface area (TPSA) is 80.3 Å². The maximum absolute atomic E-state index is 13.2. The molecule has 0 saturated carbocycles. The van der Waals surface area contributed by atoms with Crippen molar-refractivity contribution in [3.05, 3.63) is 60.4 Å². The molecule has 0 radical (unpaired) electrons. The molecule has 0 atom stereocenters. The van der Waals surface area contributed by atoms with Gasteiger partial charge in [0.1, 0.15) is 23.9 Å². The zero-order chi connectivity index (χ0) is 25.5. The van der Waals surface area contributed by atoms with Crippen LogP contribution in [0.2, 0.25) is 0 Å². The summed E-state index contributed by atoms with van der Waals surface area (Å²) in [5.41, 5.74) is 1.98. The number of hydrogen-bond acceptors (Lipinski definition) is 8. The molecule has 1 aliphatic rings. The summed E-state index contributed by atoms with van der Waals surface area (Å²) in [5, 5.41) is 0. The van der Waals surface area contributed by atoms with Crippen molar-refractivity contribution in [1.29, 1.82) is 0 Å². The lowest BCUT2D eigenvalue weighted by Crippen LogP contribution is -2.49. The van der Waals surface area contributed by atoms with Gasteiger partial charge in [0.05, 0.1) is 26.1 Å². The summed E-state index contributed by atoms with van der Waals surface area (Å²) in [7, 11) is 7.22. The number of pyridine rings is 2. The summed E-state index contributed by atoms with van der Waals surface area (Å²) in [6.45, 7) is 4.08. The second-order valence-electron chi connectivity index (χ2n) is 8.76. The summed E-state index contributed by atoms with van der Waals surface area (Å²) in [5.74, 6) is 2.83. The number of methoxy groups -OCH3 is 2. The molecule has 0 aliphatic carbocycles. The van der Waals surface area contributed by atoms with Crippen LogP contribution < -0.4 is 19.1 Å². The lowest BCUT2D eigenvalue weighted by molar-refractivity contribution is 0.0740. The summed E-state index contributed by atoms with van der Waals surface area (Å²) < 4.78 is 16.4. The molecular weight excluding hydrogens is 458 g/mol. The number of aromatic nitrogens is 2. The largest absolute Gasteiger partial charge is 0.493 e. The number of amides is 1. The van der Waals surface area contributed by atoms with Crippen molar-refractivity contribution in [1.82, 2.24) is 19.8 Å². The monoisotopic (exact) mass is 491 g/mol. The van der Waals surface area contributed by atoms with Crippen LogP contribution >= 0.6 is 0 Å². The molecule has 3 aromatic rings. The van der Waals surface area contributed by atoms with Crippen LogP contribution in [-0.2, 0) is 0 Å². The fourth-order valence-corrected chi connectivity index (χ4v) is 4.00. The number of carbonyl (C=O) groups excluding carboxylic acids is 1. The van der Waals surface area contributed by atoms with Gasteiger partial charge in [0, 0.05) is 38.3 Å². The number of piperazine rings is 1. The fourth-order valence-electron chi connectivity index (χ4n) is 4.00. The third-order valence-corrected chi connectivity index (χ3v) is 6.07. The average Bonchev–Trinajstić information content (AvgIpc) is 2.92. The molecule has 1 amide bonds. The molecule has 0 N–H and O–H groups in total. The van der Waals surface area contributed by atoms with Gasteiger partial charge in [0.25, 0.3) is 5.91 Å². The van der Waals surface area contributed by atoms with Crippen LogP contribution in [0.4, 0.5) is 5.82 Å². The number of benzene rings is 1. The van der Waals surface area contributed by atoms with E-state index in [1.165, 1.54) is 0 Å². The smallest absolute Gasteiger partial charge is 0.272 e. The quantitative estimate of drug-likeness (QED) is 0.452. The zero-order valence-electron chi connectivity index (χ0n) is 21.3. The first kappa shape index (κ1) is 25.2. The molecule has 9 nitrogen and oxygen atoms in total. The fraction of sp³-hybridized carbons (Fsp3) is 0.370. The van der Waals surface area contributed by atoms with E-state index >= 15 is 0 Å². The molecule has 9 heteroatoms. The predicted octanol–water partition coefficient (Wildman–Crippen LogP) is 3.06. The Morgan fingerprint density at radius 3 is 2.42 bits per heavy atom. The summed E-state index contributed by atoms with van der Waals surface area (Å²) in [4.78, 5) is 28.5. The van der Waals surface area contributed by atoms with E-state index in [4.69, 9.17) is 14.2 Å². The SMILES string of the molecule is COc1ccc(-c2cccc(C(=O)N3CCN(c4ccc(OCCN(C)C)cn4)CC3)n2)cc1OC. The Balaban J connectivity index is 1.36. The predicted molar refractivity (Wildman–Crippen MR) is 139 cm³/mol. The number of hydrogen-bond donors (Lipinski definition) is 0. The van der Waals surface area contributed by atoms with Crippen LogP contribution in [0.3, 0.4) is 0 Å². The molecule has 2 aromatic heterocycles. The normalized spacial score (nSPS) is 13.6. The number of nitrogens with zero attached hydrogens (tertiary/aromatic N) is 5. The third-order valence-electron chi connectivity index (χ3n) is 6.07. The van der Waals surface area contributed by atoms with E-state index in [2.05, 4.69) is 19.8 Å². The maximum Gasteiger partial charge on any atom is 0.272 e. The van der Waals surface area contributed by atoms with Crippen LogP contribution in [0.1, 0.15) is 10.5 Å². The number of ether oxygens (including phenoxy) is 3. The van der Waals surface area contributed by atoms with Gasteiger partial charge in [0.15, 0.2) is 11.5 Å². The van der Waals surface area contributed by atoms with Crippen LogP contribution in [-0.4, -0.2) is 93.3 Å². The lowest BCUT2D eigenvalue weighted by atomic mass is 10.1. The van der Waals surface area contributed by atoms with E-state index < -0.39 is 0 Å². The maximum atomic E-state index is 13.2. The minimum atomic E-state index is -0.0745. The number of likely N-dealkylation sites (N-methyl/N-ethyl adjacent to an activating group) is 1. The Bertz CT molecular complexity index is 1160. The van der Waals surface area contributed by atoms with E-state index in [1.54, 1.807) is 26.5 Å². The van der Waals surface area contributed by atoms with E-state index in [1.807, 2.05) is 61.5 Å². The van der Waals surface area contributed by atoms with E-state index in [0.717, 1.165) is 23.7 Å². The highest BCUT2D eigenvalue weighted by molar-refractivity contribution is 5.93. The molecule has 1 saturated heterocycles. The summed E-state index contributed by atoms with van der Waals surface area (Å²) in [6, 6.07) is 15.0. The van der Waals surface area contributed by atoms with Crippen molar-refractivity contribution in [2.75, 3.05) is 72.5 Å². The van der Waals surface area contributed by atoms with Crippen LogP contribution in [0.25, 0.3) is 11.3 Å². The van der Waals surface area contributed by atoms with Gasteiger partial charge in [-0.2, -0.15) is 0 Å². The molecule has 1 aliphatic heterocycles. The van der Waals surface area contributed by atoms with Gasteiger partial charge in [0.2, 0.25) is 0 Å². The Hall–Kier alpha value is -3.85. The van der Waals surface area contributed by atoms with Gasteiger partial charge in [-0.15, -0.1) is 0 Å². The van der Waals surface area contributed by atoms with Crippen molar-refractivity contribution in [3.8, 4) is 28.5 Å². The zero-order valence-corrected chi connectivity index (χ0v) is 21.3. The minimum absolute atomic E-state index is 0.0745. The van der Waals surface area contributed by atoms with E-state index in [0.29, 0.717) is 55.7 Å². The first-order chi connectivity index (χ1) is 17.5. The first-order valence-electron chi connectivity index (χ1n) is 12.0. The summed E-state index contributed by atoms with van der Waals surface area (Å²) in [6.07, 6.45) is 1.76. The highest BCUT2D eigenvalue weighted by Gasteiger charge is 2.24. The highest BCUT2D eigenvalue weighted by Crippen LogP contribution is 2.31. The molecule has 36 heavy (non-hydrogen) atoms. The molecule has 1 aromatic carbocycles. The number of rotatable bonds is 9. The third kappa shape index (κ3) is 6.04. The number of anilines is 1. The molecular formula is C27H33N5O4. The Kier molecular flexibility index (Phi) is 8.22. The van der Waals surface area contributed by atoms with Crippen LogP contribution in [0.5, 0.6) is 17.2 Å². The van der Waals surface area contributed by atoms with Crippen LogP contribution in [0, 0.1) is 0 Å². The first-order valence-corrected chi connectivity index (χ1v) is 12.0. The molecule has 190 valence electrons. The summed E-state index contributed by atoms with van der Waals surface area (Å²) >= 11 is 0. The Labute approximate surface area is 212 Å². The van der Waals surface area contributed by atoms with E-state index in [-0.39, 0.29) is 5.91 Å². The van der Waals surface area contributed by atoms with Gasteiger partial charge in [-0.1, -0.05) is 6.07 Å². The molecule has 1 fully saturated rings. The van der Waals surface area contributed by atoms with Crippen molar-refractivity contribution in [2.45, 2.75) is 0 Å². The van der Waals surface area contributed by atoms with Gasteiger partial charge >= 0.3 is 0 Å². The van der Waals surface area contributed by atoms with Crippen molar-refractivity contribution in [2.24, 2.45) is 0 Å². The Morgan fingerprint density at radius 2 is 1.75 bits per heavy atom. The standard InChI is InChI=1S/C27H33N5O4/c1-30(2)16-17-36-21-9-11-26(28-19-21)31-12-14-32(15-13-31)27(33)23-7-5-6-22(29-23)20-8-10-24(34-3)25(18-20)35-4/h5-11,18-19H,12-17H2,1-4H3. The van der Waals surface area contributed by atoms with Gasteiger partial charge in [-0.3, -0.25) is 4.79 Å². The van der Waals surface area contributed by atoms with Crippen molar-refractivity contribution in [3.63, 3.8) is 0 Å².